The van der Waals surface area contributed by atoms with Gasteiger partial charge in [-0.3, -0.25) is 4.90 Å². The van der Waals surface area contributed by atoms with Gasteiger partial charge in [0.1, 0.15) is 17.4 Å². The van der Waals surface area contributed by atoms with Gasteiger partial charge in [-0.25, -0.2) is 9.37 Å². The topological polar surface area (TPSA) is 41.3 Å². The number of phenolic OH excluding ortho intramolecular Hbond substituents is 1. The number of halogens is 1. The summed E-state index contributed by atoms with van der Waals surface area (Å²) < 4.78 is 15.3. The fraction of sp³-hybridized carbons (Fsp3) is 0.357. The average molecular weight is 261 g/mol. The summed E-state index contributed by atoms with van der Waals surface area (Å²) in [6.07, 6.45) is 2.05. The zero-order chi connectivity index (χ0) is 13.4. The number of aryl methyl sites for hydroxylation is 1. The molecule has 1 aliphatic rings. The second-order valence-electron chi connectivity index (χ2n) is 4.98. The Balaban J connectivity index is 1.77. The molecule has 1 N–H and O–H groups in total. The van der Waals surface area contributed by atoms with Crippen molar-refractivity contribution in [2.24, 2.45) is 0 Å². The predicted octanol–water partition coefficient (Wildman–Crippen LogP) is 2.05. The molecule has 2 aromatic rings. The molecular weight excluding hydrogens is 245 g/mol. The lowest BCUT2D eigenvalue weighted by Gasteiger charge is -2.27. The van der Waals surface area contributed by atoms with Gasteiger partial charge in [-0.05, 0) is 25.1 Å². The monoisotopic (exact) mass is 261 g/mol. The smallest absolute Gasteiger partial charge is 0.123 e. The van der Waals surface area contributed by atoms with Crippen LogP contribution in [0.3, 0.4) is 0 Å². The molecule has 4 nitrogen and oxygen atoms in total. The Morgan fingerprint density at radius 2 is 2.21 bits per heavy atom. The van der Waals surface area contributed by atoms with Crippen molar-refractivity contribution in [1.29, 1.82) is 0 Å². The number of aromatic hydroxyl groups is 1. The molecule has 0 radical (unpaired) electrons. The predicted molar refractivity (Wildman–Crippen MR) is 69.1 cm³/mol. The molecule has 1 aromatic carbocycles. The van der Waals surface area contributed by atoms with Gasteiger partial charge in [0.15, 0.2) is 0 Å². The maximum atomic E-state index is 13.2. The van der Waals surface area contributed by atoms with Crippen molar-refractivity contribution >= 4 is 0 Å². The van der Waals surface area contributed by atoms with E-state index in [1.165, 1.54) is 18.2 Å². The summed E-state index contributed by atoms with van der Waals surface area (Å²) in [5.41, 5.74) is 1.64. The van der Waals surface area contributed by atoms with Gasteiger partial charge in [0.2, 0.25) is 0 Å². The van der Waals surface area contributed by atoms with Crippen LogP contribution >= 0.6 is 0 Å². The molecule has 0 saturated heterocycles. The third-order valence-corrected chi connectivity index (χ3v) is 3.44. The third kappa shape index (κ3) is 2.46. The Hall–Kier alpha value is -1.88. The van der Waals surface area contributed by atoms with Crippen molar-refractivity contribution in [2.75, 3.05) is 6.54 Å². The molecule has 0 atom stereocenters. The molecule has 0 saturated carbocycles. The largest absolute Gasteiger partial charge is 0.508 e. The van der Waals surface area contributed by atoms with Crippen LogP contribution in [0.2, 0.25) is 0 Å². The number of phenols is 1. The van der Waals surface area contributed by atoms with E-state index in [0.29, 0.717) is 12.1 Å². The molecule has 0 spiro atoms. The first-order chi connectivity index (χ1) is 9.11. The number of fused-ring (bicyclic) bond motifs is 1. The van der Waals surface area contributed by atoms with Crippen LogP contribution < -0.4 is 0 Å². The quantitative estimate of drug-likeness (QED) is 0.899. The minimum absolute atomic E-state index is 0.145. The zero-order valence-electron chi connectivity index (χ0n) is 10.8. The molecule has 1 aliphatic heterocycles. The molecule has 0 bridgehead atoms. The number of imidazole rings is 1. The minimum Gasteiger partial charge on any atom is -0.508 e. The molecule has 0 unspecified atom stereocenters. The number of hydrogen-bond acceptors (Lipinski definition) is 3. The summed E-state index contributed by atoms with van der Waals surface area (Å²) in [5, 5.41) is 9.75. The lowest BCUT2D eigenvalue weighted by molar-refractivity contribution is 0.206. The molecule has 5 heteroatoms. The molecule has 0 aliphatic carbocycles. The number of benzene rings is 1. The Bertz CT molecular complexity index is 609. The van der Waals surface area contributed by atoms with Gasteiger partial charge >= 0.3 is 0 Å². The maximum absolute atomic E-state index is 13.2. The van der Waals surface area contributed by atoms with Gasteiger partial charge in [-0.2, -0.15) is 0 Å². The average Bonchev–Trinajstić information content (AvgIpc) is 2.73. The van der Waals surface area contributed by atoms with Gasteiger partial charge in [0.25, 0.3) is 0 Å². The van der Waals surface area contributed by atoms with Gasteiger partial charge in [0.05, 0.1) is 12.2 Å². The van der Waals surface area contributed by atoms with Crippen molar-refractivity contribution in [2.45, 2.75) is 26.6 Å². The maximum Gasteiger partial charge on any atom is 0.123 e. The number of rotatable bonds is 2. The minimum atomic E-state index is -0.317. The van der Waals surface area contributed by atoms with Crippen LogP contribution in [-0.2, 0) is 19.6 Å². The normalized spacial score (nSPS) is 15.5. The van der Waals surface area contributed by atoms with E-state index in [-0.39, 0.29) is 11.6 Å². The van der Waals surface area contributed by atoms with Crippen LogP contribution in [0.25, 0.3) is 0 Å². The van der Waals surface area contributed by atoms with Crippen molar-refractivity contribution in [1.82, 2.24) is 14.5 Å². The van der Waals surface area contributed by atoms with E-state index in [0.717, 1.165) is 31.2 Å². The van der Waals surface area contributed by atoms with Gasteiger partial charge in [0, 0.05) is 31.4 Å². The van der Waals surface area contributed by atoms with Gasteiger partial charge in [-0.15, -0.1) is 0 Å². The summed E-state index contributed by atoms with van der Waals surface area (Å²) in [4.78, 5) is 6.63. The van der Waals surface area contributed by atoms with E-state index in [2.05, 4.69) is 14.5 Å². The first kappa shape index (κ1) is 12.2. The summed E-state index contributed by atoms with van der Waals surface area (Å²) in [5.74, 6) is 0.855. The third-order valence-electron chi connectivity index (χ3n) is 3.44. The van der Waals surface area contributed by atoms with E-state index in [9.17, 15) is 9.50 Å². The van der Waals surface area contributed by atoms with Crippen LogP contribution in [0.15, 0.2) is 24.4 Å². The van der Waals surface area contributed by atoms with E-state index >= 15 is 0 Å². The lowest BCUT2D eigenvalue weighted by atomic mass is 10.1. The van der Waals surface area contributed by atoms with Crippen molar-refractivity contribution in [3.63, 3.8) is 0 Å². The highest BCUT2D eigenvalue weighted by Gasteiger charge is 2.18. The van der Waals surface area contributed by atoms with E-state index in [1.807, 2.05) is 13.1 Å². The molecule has 3 rings (SSSR count). The van der Waals surface area contributed by atoms with Crippen molar-refractivity contribution in [3.8, 4) is 5.75 Å². The fourth-order valence-corrected chi connectivity index (χ4v) is 2.50. The summed E-state index contributed by atoms with van der Waals surface area (Å²) in [6.45, 7) is 5.00. The van der Waals surface area contributed by atoms with Crippen molar-refractivity contribution < 1.29 is 9.50 Å². The Morgan fingerprint density at radius 1 is 1.37 bits per heavy atom. The Morgan fingerprint density at radius 3 is 3.05 bits per heavy atom. The van der Waals surface area contributed by atoms with Crippen molar-refractivity contribution in [3.05, 3.63) is 47.3 Å². The van der Waals surface area contributed by atoms with Crippen LogP contribution in [0, 0.1) is 12.7 Å². The summed E-state index contributed by atoms with van der Waals surface area (Å²) in [6, 6.07) is 4.06. The molecule has 0 amide bonds. The highest BCUT2D eigenvalue weighted by atomic mass is 19.1. The van der Waals surface area contributed by atoms with Crippen LogP contribution in [0.4, 0.5) is 4.39 Å². The second-order valence-corrected chi connectivity index (χ2v) is 4.98. The molecule has 2 heterocycles. The SMILES string of the molecule is Cc1cn2c(n1)CN(Cc1cc(F)ccc1O)CC2. The van der Waals surface area contributed by atoms with Gasteiger partial charge in [-0.1, -0.05) is 0 Å². The highest BCUT2D eigenvalue weighted by Crippen LogP contribution is 2.22. The summed E-state index contributed by atoms with van der Waals surface area (Å²) >= 11 is 0. The fourth-order valence-electron chi connectivity index (χ4n) is 2.50. The molecule has 0 fully saturated rings. The Kier molecular flexibility index (Phi) is 2.98. The van der Waals surface area contributed by atoms with Gasteiger partial charge < -0.3 is 9.67 Å². The first-order valence-electron chi connectivity index (χ1n) is 6.34. The van der Waals surface area contributed by atoms with Crippen LogP contribution in [-0.4, -0.2) is 26.1 Å². The molecular formula is C14H16FN3O. The number of nitrogens with zero attached hydrogens (tertiary/aromatic N) is 3. The first-order valence-corrected chi connectivity index (χ1v) is 6.34. The molecule has 19 heavy (non-hydrogen) atoms. The van der Waals surface area contributed by atoms with E-state index in [1.54, 1.807) is 0 Å². The van der Waals surface area contributed by atoms with E-state index in [4.69, 9.17) is 0 Å². The number of aromatic nitrogens is 2. The second kappa shape index (κ2) is 4.66. The lowest BCUT2D eigenvalue weighted by Crippen LogP contribution is -2.33. The zero-order valence-corrected chi connectivity index (χ0v) is 10.8. The standard InChI is InChI=1S/C14H16FN3O/c1-10-7-18-5-4-17(9-14(18)16-10)8-11-6-12(15)2-3-13(11)19/h2-3,6-7,19H,4-5,8-9H2,1H3. The molecule has 1 aromatic heterocycles. The molecule has 100 valence electrons. The Labute approximate surface area is 111 Å². The summed E-state index contributed by atoms with van der Waals surface area (Å²) in [7, 11) is 0. The van der Waals surface area contributed by atoms with Crippen LogP contribution in [0.1, 0.15) is 17.1 Å². The number of hydrogen-bond donors (Lipinski definition) is 1. The van der Waals surface area contributed by atoms with E-state index < -0.39 is 0 Å². The highest BCUT2D eigenvalue weighted by molar-refractivity contribution is 5.32. The van der Waals surface area contributed by atoms with Crippen LogP contribution in [0.5, 0.6) is 5.75 Å².